The van der Waals surface area contributed by atoms with E-state index in [2.05, 4.69) is 74.9 Å². The van der Waals surface area contributed by atoms with Crippen molar-refractivity contribution in [1.82, 2.24) is 4.90 Å². The maximum absolute atomic E-state index is 13.9. The number of aryl methyl sites for hydroxylation is 1. The lowest BCUT2D eigenvalue weighted by Crippen LogP contribution is -2.54. The molecule has 2 heterocycles. The van der Waals surface area contributed by atoms with E-state index in [9.17, 15) is 4.79 Å². The van der Waals surface area contributed by atoms with Crippen LogP contribution in [0.4, 0.5) is 0 Å². The second-order valence-electron chi connectivity index (χ2n) is 8.27. The fourth-order valence-electron chi connectivity index (χ4n) is 4.22. The van der Waals surface area contributed by atoms with Gasteiger partial charge in [0.05, 0.1) is 10.0 Å². The van der Waals surface area contributed by atoms with Crippen molar-refractivity contribution in [3.8, 4) is 5.75 Å². The Morgan fingerprint density at radius 1 is 1.24 bits per heavy atom. The Labute approximate surface area is 193 Å². The molecule has 0 N–H and O–H groups in total. The minimum absolute atomic E-state index is 0.157. The van der Waals surface area contributed by atoms with Crippen LogP contribution < -0.4 is 4.74 Å². The molecule has 3 nitrogen and oxygen atoms in total. The molecular weight excluding hydrogens is 514 g/mol. The van der Waals surface area contributed by atoms with E-state index in [1.807, 2.05) is 12.1 Å². The molecule has 2 aliphatic heterocycles. The zero-order valence-corrected chi connectivity index (χ0v) is 20.7. The number of fused-ring (bicyclic) bond motifs is 1. The monoisotopic (exact) mass is 537 g/mol. The van der Waals surface area contributed by atoms with Crippen LogP contribution in [-0.2, 0) is 0 Å². The lowest BCUT2D eigenvalue weighted by molar-refractivity contribution is 0.0785. The van der Waals surface area contributed by atoms with Crippen LogP contribution in [0.25, 0.3) is 0 Å². The van der Waals surface area contributed by atoms with Gasteiger partial charge in [-0.25, -0.2) is 0 Å². The summed E-state index contributed by atoms with van der Waals surface area (Å²) < 4.78 is 7.26. The number of hydrogen-bond acceptors (Lipinski definition) is 4. The first-order valence-corrected chi connectivity index (χ1v) is 12.4. The number of likely N-dealkylation sites (tertiary alicyclic amines) is 1. The molecule has 0 aromatic heterocycles. The number of rotatable bonds is 4. The second-order valence-corrected chi connectivity index (χ2v) is 11.5. The van der Waals surface area contributed by atoms with Crippen molar-refractivity contribution in [1.29, 1.82) is 0 Å². The molecule has 0 amide bonds. The van der Waals surface area contributed by atoms with Gasteiger partial charge in [0.2, 0.25) is 0 Å². The molecule has 6 heteroatoms. The van der Waals surface area contributed by atoms with E-state index in [1.165, 1.54) is 18.4 Å². The van der Waals surface area contributed by atoms with E-state index in [4.69, 9.17) is 4.74 Å². The Balaban J connectivity index is 1.71. The Morgan fingerprint density at radius 2 is 2.00 bits per heavy atom. The summed E-state index contributed by atoms with van der Waals surface area (Å²) in [5.74, 6) is 1.48. The first-order chi connectivity index (χ1) is 13.9. The molecule has 0 saturated carbocycles. The van der Waals surface area contributed by atoms with Crippen molar-refractivity contribution in [3.05, 3.63) is 56.5 Å². The first-order valence-electron chi connectivity index (χ1n) is 10.0. The summed E-state index contributed by atoms with van der Waals surface area (Å²) in [4.78, 5) is 17.5. The average Bonchev–Trinajstić information content (AvgIpc) is 2.67. The predicted molar refractivity (Wildman–Crippen MR) is 126 cm³/mol. The summed E-state index contributed by atoms with van der Waals surface area (Å²) in [6.45, 7) is 7.55. The SMILES string of the molecule is Cc1ccc(S[C@]2(CN3CCC[C@@H](C)C3)COc3c(Br)cc(Br)cc3C2=O)cc1. The summed E-state index contributed by atoms with van der Waals surface area (Å²) in [5.41, 5.74) is 1.87. The maximum atomic E-state index is 13.9. The molecule has 2 aliphatic rings. The Kier molecular flexibility index (Phi) is 6.45. The molecule has 2 aromatic rings. The van der Waals surface area contributed by atoms with Crippen LogP contribution in [0.5, 0.6) is 5.75 Å². The number of nitrogens with zero attached hydrogens (tertiary/aromatic N) is 1. The summed E-state index contributed by atoms with van der Waals surface area (Å²) in [7, 11) is 0. The van der Waals surface area contributed by atoms with Gasteiger partial charge < -0.3 is 9.64 Å². The van der Waals surface area contributed by atoms with Gasteiger partial charge in [0, 0.05) is 22.5 Å². The van der Waals surface area contributed by atoms with Crippen LogP contribution in [0.2, 0.25) is 0 Å². The highest BCUT2D eigenvalue weighted by Gasteiger charge is 2.47. The van der Waals surface area contributed by atoms with Gasteiger partial charge >= 0.3 is 0 Å². The Bertz CT molecular complexity index is 918. The highest BCUT2D eigenvalue weighted by atomic mass is 79.9. The van der Waals surface area contributed by atoms with Gasteiger partial charge in [0.25, 0.3) is 0 Å². The van der Waals surface area contributed by atoms with Crippen LogP contribution >= 0.6 is 43.6 Å². The smallest absolute Gasteiger partial charge is 0.187 e. The second kappa shape index (κ2) is 8.74. The fraction of sp³-hybridized carbons (Fsp3) is 0.435. The molecule has 0 aliphatic carbocycles. The highest BCUT2D eigenvalue weighted by Crippen LogP contribution is 2.45. The molecule has 0 spiro atoms. The lowest BCUT2D eigenvalue weighted by Gasteiger charge is -2.41. The number of Topliss-reactive ketones (excluding diaryl/α,β-unsaturated/α-hetero) is 1. The van der Waals surface area contributed by atoms with Crippen molar-refractivity contribution in [2.45, 2.75) is 36.3 Å². The van der Waals surface area contributed by atoms with E-state index < -0.39 is 4.75 Å². The fourth-order valence-corrected chi connectivity index (χ4v) is 6.86. The third-order valence-electron chi connectivity index (χ3n) is 5.67. The normalized spacial score (nSPS) is 24.8. The maximum Gasteiger partial charge on any atom is 0.187 e. The summed E-state index contributed by atoms with van der Waals surface area (Å²) in [6, 6.07) is 12.3. The van der Waals surface area contributed by atoms with E-state index in [0.29, 0.717) is 30.4 Å². The molecule has 2 aromatic carbocycles. The third-order valence-corrected chi connectivity index (χ3v) is 8.05. The van der Waals surface area contributed by atoms with Gasteiger partial charge in [-0.2, -0.15) is 0 Å². The molecule has 0 radical (unpaired) electrons. The van der Waals surface area contributed by atoms with Gasteiger partial charge in [-0.15, -0.1) is 11.8 Å². The van der Waals surface area contributed by atoms with Crippen molar-refractivity contribution >= 4 is 49.4 Å². The number of carbonyl (C=O) groups excluding carboxylic acids is 1. The molecule has 0 bridgehead atoms. The van der Waals surface area contributed by atoms with E-state index >= 15 is 0 Å². The number of benzene rings is 2. The molecule has 29 heavy (non-hydrogen) atoms. The van der Waals surface area contributed by atoms with Crippen LogP contribution in [0, 0.1) is 12.8 Å². The zero-order chi connectivity index (χ0) is 20.6. The summed E-state index contributed by atoms with van der Waals surface area (Å²) in [6.07, 6.45) is 2.46. The molecule has 2 atom stereocenters. The minimum Gasteiger partial charge on any atom is -0.490 e. The van der Waals surface area contributed by atoms with Crippen LogP contribution in [0.15, 0.2) is 50.2 Å². The van der Waals surface area contributed by atoms with Gasteiger partial charge in [0.15, 0.2) is 5.78 Å². The molecule has 1 fully saturated rings. The number of hydrogen-bond donors (Lipinski definition) is 0. The molecule has 1 saturated heterocycles. The minimum atomic E-state index is -0.653. The van der Waals surface area contributed by atoms with Crippen LogP contribution in [0.3, 0.4) is 0 Å². The lowest BCUT2D eigenvalue weighted by atomic mass is 9.92. The largest absolute Gasteiger partial charge is 0.490 e. The average molecular weight is 539 g/mol. The van der Waals surface area contributed by atoms with Crippen LogP contribution in [0.1, 0.15) is 35.7 Å². The third kappa shape index (κ3) is 4.60. The molecule has 154 valence electrons. The molecular formula is C23H25Br2NO2S. The summed E-state index contributed by atoms with van der Waals surface area (Å²) in [5, 5.41) is 0. The Morgan fingerprint density at radius 3 is 2.72 bits per heavy atom. The number of piperidine rings is 1. The van der Waals surface area contributed by atoms with Crippen LogP contribution in [-0.4, -0.2) is 41.7 Å². The molecule has 4 rings (SSSR count). The predicted octanol–water partition coefficient (Wildman–Crippen LogP) is 6.36. The van der Waals surface area contributed by atoms with Gasteiger partial charge in [-0.05, 0) is 72.4 Å². The standard InChI is InChI=1S/C23H25Br2NO2S/c1-15-5-7-18(8-6-15)29-23(13-26-9-3-4-16(2)12-26)14-28-21-19(22(23)27)10-17(24)11-20(21)25/h5-8,10-11,16H,3-4,9,12-14H2,1-2H3/t16-,23-/m1/s1. The van der Waals surface area contributed by atoms with Gasteiger partial charge in [-0.1, -0.05) is 40.5 Å². The highest BCUT2D eigenvalue weighted by molar-refractivity contribution is 9.11. The molecule has 0 unspecified atom stereocenters. The van der Waals surface area contributed by atoms with Crippen molar-refractivity contribution in [2.75, 3.05) is 26.2 Å². The number of thioether (sulfide) groups is 1. The number of ether oxygens (including phenoxy) is 1. The number of ketones is 1. The van der Waals surface area contributed by atoms with Crippen molar-refractivity contribution in [2.24, 2.45) is 5.92 Å². The topological polar surface area (TPSA) is 29.5 Å². The van der Waals surface area contributed by atoms with Crippen molar-refractivity contribution in [3.63, 3.8) is 0 Å². The number of halogens is 2. The van der Waals surface area contributed by atoms with Gasteiger partial charge in [0.1, 0.15) is 17.1 Å². The van der Waals surface area contributed by atoms with Gasteiger partial charge in [-0.3, -0.25) is 4.79 Å². The summed E-state index contributed by atoms with van der Waals surface area (Å²) >= 11 is 8.74. The Hall–Kier alpha value is -0.820. The number of carbonyl (C=O) groups is 1. The first kappa shape index (κ1) is 21.4. The quantitative estimate of drug-likeness (QED) is 0.453. The van der Waals surface area contributed by atoms with E-state index in [-0.39, 0.29) is 5.78 Å². The van der Waals surface area contributed by atoms with E-state index in [0.717, 1.165) is 26.9 Å². The van der Waals surface area contributed by atoms with Crippen molar-refractivity contribution < 1.29 is 9.53 Å². The van der Waals surface area contributed by atoms with E-state index in [1.54, 1.807) is 11.8 Å². The zero-order valence-electron chi connectivity index (χ0n) is 16.7.